The van der Waals surface area contributed by atoms with Crippen LogP contribution in [0.4, 0.5) is 0 Å². The monoisotopic (exact) mass is 333 g/mol. The second kappa shape index (κ2) is 8.65. The maximum atomic E-state index is 5.98. The van der Waals surface area contributed by atoms with Gasteiger partial charge in [0.2, 0.25) is 0 Å². The van der Waals surface area contributed by atoms with Crippen molar-refractivity contribution in [3.63, 3.8) is 0 Å². The Morgan fingerprint density at radius 2 is 2.12 bits per heavy atom. The molecule has 0 spiro atoms. The van der Waals surface area contributed by atoms with Gasteiger partial charge in [0.15, 0.2) is 11.5 Å². The summed E-state index contributed by atoms with van der Waals surface area (Å²) >= 11 is 0. The van der Waals surface area contributed by atoms with Crippen molar-refractivity contribution in [2.75, 3.05) is 34.4 Å². The number of methoxy groups -OCH3 is 1. The first kappa shape index (κ1) is 18.2. The SMILES string of the molecule is COc1cccc(CNC(C)c2nncn2C)c1OCCN(C)C. The molecule has 2 aromatic rings. The van der Waals surface area contributed by atoms with Crippen LogP contribution in [0.5, 0.6) is 11.5 Å². The number of ether oxygens (including phenoxy) is 2. The van der Waals surface area contributed by atoms with Gasteiger partial charge < -0.3 is 24.3 Å². The zero-order valence-corrected chi connectivity index (χ0v) is 15.1. The molecule has 1 N–H and O–H groups in total. The number of hydrogen-bond donors (Lipinski definition) is 1. The van der Waals surface area contributed by atoms with Gasteiger partial charge in [0.25, 0.3) is 0 Å². The summed E-state index contributed by atoms with van der Waals surface area (Å²) in [5, 5.41) is 11.5. The minimum Gasteiger partial charge on any atom is -0.493 e. The van der Waals surface area contributed by atoms with E-state index in [9.17, 15) is 0 Å². The number of nitrogens with one attached hydrogen (secondary N) is 1. The van der Waals surface area contributed by atoms with E-state index in [4.69, 9.17) is 9.47 Å². The van der Waals surface area contributed by atoms with Crippen molar-refractivity contribution in [1.82, 2.24) is 25.0 Å². The van der Waals surface area contributed by atoms with Gasteiger partial charge >= 0.3 is 0 Å². The van der Waals surface area contributed by atoms with Crippen LogP contribution in [0.15, 0.2) is 24.5 Å². The summed E-state index contributed by atoms with van der Waals surface area (Å²) in [6.07, 6.45) is 1.70. The second-order valence-corrected chi connectivity index (χ2v) is 6.00. The molecule has 0 aliphatic carbocycles. The first-order valence-electron chi connectivity index (χ1n) is 8.03. The summed E-state index contributed by atoms with van der Waals surface area (Å²) in [6, 6.07) is 6.02. The molecular formula is C17H27N5O2. The van der Waals surface area contributed by atoms with Gasteiger partial charge in [0, 0.05) is 25.7 Å². The predicted octanol–water partition coefficient (Wildman–Crippen LogP) is 1.61. The number of likely N-dealkylation sites (N-methyl/N-ethyl adjacent to an activating group) is 1. The van der Waals surface area contributed by atoms with Crippen LogP contribution in [0, 0.1) is 0 Å². The fourth-order valence-electron chi connectivity index (χ4n) is 2.39. The molecular weight excluding hydrogens is 306 g/mol. The Bertz CT molecular complexity index is 642. The number of hydrogen-bond acceptors (Lipinski definition) is 6. The summed E-state index contributed by atoms with van der Waals surface area (Å²) in [5.74, 6) is 2.44. The van der Waals surface area contributed by atoms with Crippen molar-refractivity contribution in [3.8, 4) is 11.5 Å². The highest BCUT2D eigenvalue weighted by molar-refractivity contribution is 5.46. The Labute approximate surface area is 143 Å². The highest BCUT2D eigenvalue weighted by Crippen LogP contribution is 2.31. The van der Waals surface area contributed by atoms with Crippen LogP contribution in [0.3, 0.4) is 0 Å². The van der Waals surface area contributed by atoms with Crippen LogP contribution in [0.2, 0.25) is 0 Å². The van der Waals surface area contributed by atoms with Gasteiger partial charge in [0.1, 0.15) is 18.8 Å². The number of aromatic nitrogens is 3. The highest BCUT2D eigenvalue weighted by atomic mass is 16.5. The zero-order chi connectivity index (χ0) is 17.5. The van der Waals surface area contributed by atoms with Gasteiger partial charge in [-0.2, -0.15) is 0 Å². The van der Waals surface area contributed by atoms with Crippen molar-refractivity contribution >= 4 is 0 Å². The lowest BCUT2D eigenvalue weighted by molar-refractivity contribution is 0.248. The van der Waals surface area contributed by atoms with E-state index in [0.29, 0.717) is 13.2 Å². The van der Waals surface area contributed by atoms with Gasteiger partial charge in [-0.1, -0.05) is 12.1 Å². The van der Waals surface area contributed by atoms with Crippen molar-refractivity contribution in [1.29, 1.82) is 0 Å². The highest BCUT2D eigenvalue weighted by Gasteiger charge is 2.14. The van der Waals surface area contributed by atoms with Crippen molar-refractivity contribution in [2.45, 2.75) is 19.5 Å². The lowest BCUT2D eigenvalue weighted by atomic mass is 10.1. The number of benzene rings is 1. The Kier molecular flexibility index (Phi) is 6.57. The maximum Gasteiger partial charge on any atom is 0.165 e. The maximum absolute atomic E-state index is 5.98. The molecule has 1 heterocycles. The fraction of sp³-hybridized carbons (Fsp3) is 0.529. The van der Waals surface area contributed by atoms with Gasteiger partial charge in [0.05, 0.1) is 13.2 Å². The van der Waals surface area contributed by atoms with Crippen LogP contribution in [0.1, 0.15) is 24.4 Å². The molecule has 24 heavy (non-hydrogen) atoms. The first-order chi connectivity index (χ1) is 11.5. The van der Waals surface area contributed by atoms with E-state index in [1.165, 1.54) is 0 Å². The molecule has 1 atom stereocenters. The molecule has 0 saturated heterocycles. The van der Waals surface area contributed by atoms with Crippen LogP contribution in [0.25, 0.3) is 0 Å². The Balaban J connectivity index is 2.07. The molecule has 1 unspecified atom stereocenters. The Hall–Kier alpha value is -2.12. The topological polar surface area (TPSA) is 64.4 Å². The minimum atomic E-state index is 0.0818. The number of nitrogens with zero attached hydrogens (tertiary/aromatic N) is 4. The minimum absolute atomic E-state index is 0.0818. The molecule has 0 radical (unpaired) electrons. The molecule has 0 saturated carbocycles. The van der Waals surface area contributed by atoms with Gasteiger partial charge in [-0.05, 0) is 27.1 Å². The Morgan fingerprint density at radius 3 is 2.75 bits per heavy atom. The third-order valence-electron chi connectivity index (χ3n) is 3.80. The normalized spacial score (nSPS) is 12.4. The zero-order valence-electron chi connectivity index (χ0n) is 15.1. The van der Waals surface area contributed by atoms with E-state index >= 15 is 0 Å². The summed E-state index contributed by atoms with van der Waals surface area (Å²) in [4.78, 5) is 2.09. The third-order valence-corrected chi connectivity index (χ3v) is 3.80. The van der Waals surface area contributed by atoms with Crippen molar-refractivity contribution < 1.29 is 9.47 Å². The van der Waals surface area contributed by atoms with Gasteiger partial charge in [-0.15, -0.1) is 10.2 Å². The lowest BCUT2D eigenvalue weighted by Gasteiger charge is -2.18. The molecule has 7 nitrogen and oxygen atoms in total. The third kappa shape index (κ3) is 4.69. The smallest absolute Gasteiger partial charge is 0.165 e. The Morgan fingerprint density at radius 1 is 1.33 bits per heavy atom. The van der Waals surface area contributed by atoms with Crippen molar-refractivity contribution in [2.24, 2.45) is 7.05 Å². The van der Waals surface area contributed by atoms with Crippen LogP contribution >= 0.6 is 0 Å². The lowest BCUT2D eigenvalue weighted by Crippen LogP contribution is -2.22. The van der Waals surface area contributed by atoms with Crippen molar-refractivity contribution in [3.05, 3.63) is 35.9 Å². The molecule has 7 heteroatoms. The van der Waals surface area contributed by atoms with E-state index in [1.807, 2.05) is 43.9 Å². The number of rotatable bonds is 9. The van der Waals surface area contributed by atoms with Crippen LogP contribution in [-0.2, 0) is 13.6 Å². The molecule has 1 aromatic heterocycles. The second-order valence-electron chi connectivity index (χ2n) is 6.00. The number of aryl methyl sites for hydroxylation is 1. The average molecular weight is 333 g/mol. The average Bonchev–Trinajstić information content (AvgIpc) is 2.99. The van der Waals surface area contributed by atoms with E-state index in [1.54, 1.807) is 13.4 Å². The summed E-state index contributed by atoms with van der Waals surface area (Å²) < 4.78 is 13.3. The molecule has 132 valence electrons. The van der Waals surface area contributed by atoms with E-state index in [0.717, 1.165) is 29.4 Å². The molecule has 0 bridgehead atoms. The summed E-state index contributed by atoms with van der Waals surface area (Å²) in [5.41, 5.74) is 1.06. The quantitative estimate of drug-likeness (QED) is 0.752. The molecule has 0 amide bonds. The first-order valence-corrected chi connectivity index (χ1v) is 8.03. The largest absolute Gasteiger partial charge is 0.493 e. The molecule has 1 aromatic carbocycles. The number of para-hydroxylation sites is 1. The summed E-state index contributed by atoms with van der Waals surface area (Å²) in [6.45, 7) is 4.18. The molecule has 2 rings (SSSR count). The van der Waals surface area contributed by atoms with Crippen LogP contribution < -0.4 is 14.8 Å². The standard InChI is InChI=1S/C17H27N5O2/c1-13(17-20-19-12-22(17)4)18-11-14-7-6-8-15(23-5)16(14)24-10-9-21(2)3/h6-8,12-13,18H,9-11H2,1-5H3. The van der Waals surface area contributed by atoms with Gasteiger partial charge in [-0.25, -0.2) is 0 Å². The molecule has 0 aliphatic rings. The molecule has 0 fully saturated rings. The molecule has 0 aliphatic heterocycles. The van der Waals surface area contributed by atoms with Gasteiger partial charge in [-0.3, -0.25) is 0 Å². The fourth-order valence-corrected chi connectivity index (χ4v) is 2.39. The van der Waals surface area contributed by atoms with E-state index in [-0.39, 0.29) is 6.04 Å². The predicted molar refractivity (Wildman–Crippen MR) is 93.3 cm³/mol. The van der Waals surface area contributed by atoms with Crippen LogP contribution in [-0.4, -0.2) is 54.0 Å². The van der Waals surface area contributed by atoms with E-state index < -0.39 is 0 Å². The van der Waals surface area contributed by atoms with E-state index in [2.05, 4.69) is 27.3 Å². The summed E-state index contributed by atoms with van der Waals surface area (Å²) in [7, 11) is 7.65.